The maximum absolute atomic E-state index is 7.21. The number of rotatable bonds is 8. The minimum atomic E-state index is 0.822. The lowest BCUT2D eigenvalue weighted by Crippen LogP contribution is -2.15. The Morgan fingerprint density at radius 3 is 1.28 bits per heavy atom. The molecule has 0 saturated carbocycles. The lowest BCUT2D eigenvalue weighted by Gasteiger charge is -2.33. The first-order chi connectivity index (χ1) is 28.1. The second-order valence-electron chi connectivity index (χ2n) is 14.7. The van der Waals surface area contributed by atoms with Crippen LogP contribution in [-0.2, 0) is 0 Å². The van der Waals surface area contributed by atoms with Crippen LogP contribution in [-0.4, -0.2) is 0 Å². The Hall–Kier alpha value is -7.36. The zero-order valence-corrected chi connectivity index (χ0v) is 31.9. The van der Waals surface area contributed by atoms with Crippen LogP contribution < -0.4 is 9.80 Å². The molecule has 0 aliphatic heterocycles. The summed E-state index contributed by atoms with van der Waals surface area (Å²) in [5.41, 5.74) is 15.0. The third-order valence-corrected chi connectivity index (χ3v) is 11.0. The van der Waals surface area contributed by atoms with Gasteiger partial charge in [0.15, 0.2) is 5.58 Å². The minimum Gasteiger partial charge on any atom is -0.454 e. The number of para-hydroxylation sites is 3. The molecule has 10 aromatic rings. The fourth-order valence-electron chi connectivity index (χ4n) is 8.28. The van der Waals surface area contributed by atoms with E-state index >= 15 is 0 Å². The van der Waals surface area contributed by atoms with Crippen molar-refractivity contribution in [2.45, 2.75) is 13.8 Å². The molecule has 0 atom stereocenters. The predicted octanol–water partition coefficient (Wildman–Crippen LogP) is 15.6. The fraction of sp³-hybridized carbons (Fsp3) is 0.0370. The Balaban J connectivity index is 1.37. The van der Waals surface area contributed by atoms with Gasteiger partial charge in [0.25, 0.3) is 0 Å². The number of hydrogen-bond acceptors (Lipinski definition) is 3. The van der Waals surface area contributed by atoms with E-state index in [0.29, 0.717) is 0 Å². The number of nitrogens with zero attached hydrogens (tertiary/aromatic N) is 2. The van der Waals surface area contributed by atoms with Crippen LogP contribution in [0.5, 0.6) is 0 Å². The summed E-state index contributed by atoms with van der Waals surface area (Å²) < 4.78 is 7.21. The van der Waals surface area contributed by atoms with Gasteiger partial charge in [0.2, 0.25) is 0 Å². The van der Waals surface area contributed by atoms with Gasteiger partial charge in [0, 0.05) is 38.7 Å². The van der Waals surface area contributed by atoms with E-state index in [9.17, 15) is 0 Å². The van der Waals surface area contributed by atoms with Crippen molar-refractivity contribution in [2.24, 2.45) is 0 Å². The second kappa shape index (κ2) is 14.4. The normalized spacial score (nSPS) is 11.3. The van der Waals surface area contributed by atoms with Crippen molar-refractivity contribution < 1.29 is 4.42 Å². The van der Waals surface area contributed by atoms with E-state index in [1.54, 1.807) is 0 Å². The van der Waals surface area contributed by atoms with E-state index < -0.39 is 0 Å². The highest BCUT2D eigenvalue weighted by atomic mass is 16.3. The average molecular weight is 733 g/mol. The Morgan fingerprint density at radius 1 is 0.351 bits per heavy atom. The standard InChI is InChI=1S/C54H40N2O/c1-37-29-33-41(34-30-37)55(48-26-14-11-21-43(48)39-17-5-3-6-18-39)52-45-23-9-10-24-46(45)53(54-51(52)47-25-13-16-28-50(47)57-54)56(42-35-31-38(2)32-36-42)49-27-15-12-22-44(49)40-19-7-4-8-20-40/h3-36H,1-2H3. The molecule has 0 unspecified atom stereocenters. The van der Waals surface area contributed by atoms with E-state index in [4.69, 9.17) is 4.42 Å². The highest BCUT2D eigenvalue weighted by Crippen LogP contribution is 2.55. The maximum atomic E-state index is 7.21. The third-order valence-electron chi connectivity index (χ3n) is 11.0. The Morgan fingerprint density at radius 2 is 0.754 bits per heavy atom. The fourth-order valence-corrected chi connectivity index (χ4v) is 8.28. The summed E-state index contributed by atoms with van der Waals surface area (Å²) in [7, 11) is 0. The van der Waals surface area contributed by atoms with E-state index in [2.05, 4.69) is 230 Å². The lowest BCUT2D eigenvalue weighted by molar-refractivity contribution is 0.669. The zero-order valence-electron chi connectivity index (χ0n) is 31.9. The molecule has 1 heterocycles. The molecule has 57 heavy (non-hydrogen) atoms. The number of fused-ring (bicyclic) bond motifs is 4. The molecule has 272 valence electrons. The van der Waals surface area contributed by atoms with Gasteiger partial charge in [0.05, 0.1) is 28.1 Å². The van der Waals surface area contributed by atoms with Gasteiger partial charge in [-0.2, -0.15) is 0 Å². The smallest absolute Gasteiger partial charge is 0.162 e. The lowest BCUT2D eigenvalue weighted by atomic mass is 9.95. The van der Waals surface area contributed by atoms with Crippen molar-refractivity contribution in [3.63, 3.8) is 0 Å². The molecule has 0 N–H and O–H groups in total. The molecule has 0 radical (unpaired) electrons. The Kier molecular flexibility index (Phi) is 8.61. The minimum absolute atomic E-state index is 0.822. The molecule has 0 amide bonds. The summed E-state index contributed by atoms with van der Waals surface area (Å²) in [6.45, 7) is 4.28. The monoisotopic (exact) mass is 732 g/mol. The topological polar surface area (TPSA) is 19.6 Å². The molecular weight excluding hydrogens is 693 g/mol. The Bertz CT molecular complexity index is 3020. The van der Waals surface area contributed by atoms with E-state index in [-0.39, 0.29) is 0 Å². The highest BCUT2D eigenvalue weighted by Gasteiger charge is 2.30. The van der Waals surface area contributed by atoms with Gasteiger partial charge in [-0.25, -0.2) is 0 Å². The van der Waals surface area contributed by atoms with Crippen LogP contribution in [0.3, 0.4) is 0 Å². The summed E-state index contributed by atoms with van der Waals surface area (Å²) in [6, 6.07) is 73.8. The van der Waals surface area contributed by atoms with Crippen LogP contribution in [0.1, 0.15) is 11.1 Å². The van der Waals surface area contributed by atoms with Gasteiger partial charge >= 0.3 is 0 Å². The van der Waals surface area contributed by atoms with E-state index in [0.717, 1.165) is 89.1 Å². The van der Waals surface area contributed by atoms with Gasteiger partial charge in [0.1, 0.15) is 5.58 Å². The molecular formula is C54H40N2O. The molecule has 10 rings (SSSR count). The van der Waals surface area contributed by atoms with E-state index in [1.807, 2.05) is 0 Å². The molecule has 0 aliphatic carbocycles. The maximum Gasteiger partial charge on any atom is 0.162 e. The molecule has 0 saturated heterocycles. The summed E-state index contributed by atoms with van der Waals surface area (Å²) in [6.07, 6.45) is 0. The number of aryl methyl sites for hydroxylation is 2. The third kappa shape index (κ3) is 6.01. The second-order valence-corrected chi connectivity index (χ2v) is 14.7. The summed E-state index contributed by atoms with van der Waals surface area (Å²) >= 11 is 0. The molecule has 3 nitrogen and oxygen atoms in total. The molecule has 9 aromatic carbocycles. The van der Waals surface area contributed by atoms with Gasteiger partial charge in [-0.15, -0.1) is 0 Å². The molecule has 1 aromatic heterocycles. The number of hydrogen-bond donors (Lipinski definition) is 0. The Labute approximate surface area is 333 Å². The first-order valence-electron chi connectivity index (χ1n) is 19.5. The zero-order chi connectivity index (χ0) is 38.3. The summed E-state index contributed by atoms with van der Waals surface area (Å²) in [4.78, 5) is 4.86. The van der Waals surface area contributed by atoms with Crippen molar-refractivity contribution in [1.29, 1.82) is 0 Å². The summed E-state index contributed by atoms with van der Waals surface area (Å²) in [5.74, 6) is 0. The molecule has 0 bridgehead atoms. The molecule has 0 fully saturated rings. The van der Waals surface area contributed by atoms with Crippen molar-refractivity contribution >= 4 is 66.8 Å². The van der Waals surface area contributed by atoms with Gasteiger partial charge < -0.3 is 14.2 Å². The van der Waals surface area contributed by atoms with Crippen LogP contribution in [0.4, 0.5) is 34.1 Å². The van der Waals surface area contributed by atoms with Crippen LogP contribution in [0.2, 0.25) is 0 Å². The van der Waals surface area contributed by atoms with Crippen molar-refractivity contribution in [1.82, 2.24) is 0 Å². The first-order valence-corrected chi connectivity index (χ1v) is 19.5. The van der Waals surface area contributed by atoms with Gasteiger partial charge in [-0.1, -0.05) is 175 Å². The molecule has 0 spiro atoms. The van der Waals surface area contributed by atoms with Crippen LogP contribution in [0, 0.1) is 13.8 Å². The number of furan rings is 1. The summed E-state index contributed by atoms with van der Waals surface area (Å²) in [5, 5.41) is 4.31. The van der Waals surface area contributed by atoms with Crippen LogP contribution in [0.25, 0.3) is 55.0 Å². The van der Waals surface area contributed by atoms with Gasteiger partial charge in [-0.05, 0) is 67.4 Å². The van der Waals surface area contributed by atoms with Crippen LogP contribution in [0.15, 0.2) is 211 Å². The van der Waals surface area contributed by atoms with Crippen molar-refractivity contribution in [3.05, 3.63) is 217 Å². The van der Waals surface area contributed by atoms with Gasteiger partial charge in [-0.3, -0.25) is 0 Å². The average Bonchev–Trinajstić information content (AvgIpc) is 3.66. The molecule has 3 heteroatoms. The van der Waals surface area contributed by atoms with Crippen molar-refractivity contribution in [3.8, 4) is 22.3 Å². The molecule has 0 aliphatic rings. The quantitative estimate of drug-likeness (QED) is 0.145. The van der Waals surface area contributed by atoms with Crippen LogP contribution >= 0.6 is 0 Å². The predicted molar refractivity (Wildman–Crippen MR) is 241 cm³/mol. The highest BCUT2D eigenvalue weighted by molar-refractivity contribution is 6.28. The van der Waals surface area contributed by atoms with E-state index in [1.165, 1.54) is 11.1 Å². The number of benzene rings is 9. The first kappa shape index (κ1) is 34.2. The SMILES string of the molecule is Cc1ccc(N(c2ccccc2-c2ccccc2)c2c3ccccc3c(N(c3ccc(C)cc3)c3ccccc3-c3ccccc3)c3c2oc2ccccc23)cc1. The largest absolute Gasteiger partial charge is 0.454 e. The number of anilines is 6. The van der Waals surface area contributed by atoms with Crippen molar-refractivity contribution in [2.75, 3.05) is 9.80 Å².